The summed E-state index contributed by atoms with van der Waals surface area (Å²) in [5.74, 6) is 0.671. The molecule has 2 aromatic heterocycles. The Kier molecular flexibility index (Phi) is 11.0. The van der Waals surface area contributed by atoms with Crippen molar-refractivity contribution in [2.24, 2.45) is 0 Å². The van der Waals surface area contributed by atoms with E-state index in [0.29, 0.717) is 32.0 Å². The van der Waals surface area contributed by atoms with Gasteiger partial charge in [0.05, 0.1) is 6.61 Å². The Labute approximate surface area is 231 Å². The number of hydrogen-bond donors (Lipinski definition) is 3. The number of ether oxygens (including phenoxy) is 1. The number of rotatable bonds is 16. The summed E-state index contributed by atoms with van der Waals surface area (Å²) in [4.78, 5) is 27.8. The zero-order valence-corrected chi connectivity index (χ0v) is 22.8. The van der Waals surface area contributed by atoms with Crippen LogP contribution in [0.2, 0.25) is 0 Å². The summed E-state index contributed by atoms with van der Waals surface area (Å²) in [6, 6.07) is 13.3. The molecule has 0 aliphatic carbocycles. The van der Waals surface area contributed by atoms with E-state index in [1.165, 1.54) is 11.9 Å². The number of carboxylic acids is 1. The molecular weight excluding hydrogens is 492 g/mol. The molecule has 0 saturated heterocycles. The second kappa shape index (κ2) is 15.1. The van der Waals surface area contributed by atoms with Gasteiger partial charge in [-0.3, -0.25) is 0 Å². The van der Waals surface area contributed by atoms with E-state index < -0.39 is 12.0 Å². The molecule has 0 amide bonds. The Morgan fingerprint density at radius 1 is 1.15 bits per heavy atom. The van der Waals surface area contributed by atoms with Crippen molar-refractivity contribution in [3.63, 3.8) is 0 Å². The Hall–Kier alpha value is -3.56. The van der Waals surface area contributed by atoms with Crippen LogP contribution in [0.4, 0.5) is 11.6 Å². The van der Waals surface area contributed by atoms with Crippen LogP contribution in [0.25, 0.3) is 11.1 Å². The maximum atomic E-state index is 12.2. The Morgan fingerprint density at radius 2 is 2.03 bits per heavy atom. The normalized spacial score (nSPS) is 13.5. The van der Waals surface area contributed by atoms with Gasteiger partial charge in [-0.15, -0.1) is 0 Å². The van der Waals surface area contributed by atoms with Gasteiger partial charge in [0.15, 0.2) is 0 Å². The molecule has 3 aromatic rings. The van der Waals surface area contributed by atoms with Gasteiger partial charge in [-0.1, -0.05) is 36.4 Å². The summed E-state index contributed by atoms with van der Waals surface area (Å²) >= 11 is 0. The van der Waals surface area contributed by atoms with Gasteiger partial charge in [0.2, 0.25) is 0 Å². The monoisotopic (exact) mass is 532 g/mol. The van der Waals surface area contributed by atoms with Gasteiger partial charge in [-0.2, -0.15) is 0 Å². The molecule has 9 heteroatoms. The molecule has 0 spiro atoms. The molecule has 3 N–H and O–H groups in total. The number of carboxylic acid groups (broad SMARTS) is 1. The van der Waals surface area contributed by atoms with E-state index in [9.17, 15) is 9.90 Å². The quantitative estimate of drug-likeness (QED) is 0.229. The average molecular weight is 533 g/mol. The summed E-state index contributed by atoms with van der Waals surface area (Å²) in [6.07, 6.45) is 8.83. The number of benzene rings is 1. The van der Waals surface area contributed by atoms with Crippen LogP contribution in [-0.4, -0.2) is 76.4 Å². The molecule has 0 bridgehead atoms. The van der Waals surface area contributed by atoms with Crippen LogP contribution in [0.5, 0.6) is 0 Å². The van der Waals surface area contributed by atoms with Crippen molar-refractivity contribution in [3.8, 4) is 11.1 Å². The third-order valence-electron chi connectivity index (χ3n) is 7.01. The van der Waals surface area contributed by atoms with Crippen LogP contribution in [-0.2, 0) is 22.4 Å². The third kappa shape index (κ3) is 8.73. The Balaban J connectivity index is 1.31. The molecule has 1 aromatic carbocycles. The third-order valence-corrected chi connectivity index (χ3v) is 7.01. The van der Waals surface area contributed by atoms with Crippen molar-refractivity contribution in [1.29, 1.82) is 0 Å². The molecule has 0 radical (unpaired) electrons. The first-order chi connectivity index (χ1) is 19.1. The fraction of sp³-hybridized carbons (Fsp3) is 0.467. The van der Waals surface area contributed by atoms with Crippen molar-refractivity contribution in [2.45, 2.75) is 51.5 Å². The van der Waals surface area contributed by atoms with E-state index in [-0.39, 0.29) is 0 Å². The van der Waals surface area contributed by atoms with Crippen LogP contribution in [0.1, 0.15) is 43.9 Å². The molecule has 39 heavy (non-hydrogen) atoms. The molecule has 1 atom stereocenters. The fourth-order valence-corrected chi connectivity index (χ4v) is 4.83. The molecule has 3 heterocycles. The smallest absolute Gasteiger partial charge is 0.326 e. The van der Waals surface area contributed by atoms with Crippen molar-refractivity contribution >= 4 is 17.6 Å². The number of fused-ring (bicyclic) bond motifs is 1. The number of pyridine rings is 1. The maximum absolute atomic E-state index is 12.2. The molecule has 0 fully saturated rings. The zero-order chi connectivity index (χ0) is 27.3. The highest BCUT2D eigenvalue weighted by Gasteiger charge is 2.21. The van der Waals surface area contributed by atoms with E-state index in [2.05, 4.69) is 37.6 Å². The molecule has 4 rings (SSSR count). The first-order valence-corrected chi connectivity index (χ1v) is 14.0. The first-order valence-electron chi connectivity index (χ1n) is 14.0. The fourth-order valence-electron chi connectivity index (χ4n) is 4.83. The zero-order valence-electron chi connectivity index (χ0n) is 22.8. The lowest BCUT2D eigenvalue weighted by Gasteiger charge is -2.25. The minimum Gasteiger partial charge on any atom is -0.480 e. The second-order valence-electron chi connectivity index (χ2n) is 9.81. The minimum atomic E-state index is -0.899. The summed E-state index contributed by atoms with van der Waals surface area (Å²) in [6.45, 7) is 6.57. The molecule has 1 aliphatic rings. The van der Waals surface area contributed by atoms with E-state index in [1.807, 2.05) is 37.3 Å². The van der Waals surface area contributed by atoms with E-state index >= 15 is 0 Å². The molecule has 208 valence electrons. The highest BCUT2D eigenvalue weighted by Crippen LogP contribution is 2.26. The standard InChI is InChI=1S/C30H40N6O3/c1-2-39-20-19-36(17-7-6-12-25-14-13-24-11-8-16-32-28(24)34-25)18-15-27(30(37)38)35-29-26(21-31-22-33-29)23-9-4-3-5-10-23/h3-5,9-10,13-14,21-22,27H,2,6-8,11-12,15-20H2,1H3,(H,32,34)(H,37,38)(H,31,33,35). The summed E-state index contributed by atoms with van der Waals surface area (Å²) < 4.78 is 5.60. The lowest BCUT2D eigenvalue weighted by Crippen LogP contribution is -2.37. The van der Waals surface area contributed by atoms with Gasteiger partial charge in [-0.25, -0.2) is 19.7 Å². The Bertz CT molecular complexity index is 1180. The summed E-state index contributed by atoms with van der Waals surface area (Å²) in [5, 5.41) is 16.6. The maximum Gasteiger partial charge on any atom is 0.326 e. The van der Waals surface area contributed by atoms with E-state index in [1.54, 1.807) is 6.20 Å². The lowest BCUT2D eigenvalue weighted by molar-refractivity contribution is -0.138. The minimum absolute atomic E-state index is 0.442. The van der Waals surface area contributed by atoms with Gasteiger partial charge in [0.25, 0.3) is 0 Å². The van der Waals surface area contributed by atoms with Gasteiger partial charge >= 0.3 is 5.97 Å². The molecule has 1 aliphatic heterocycles. The van der Waals surface area contributed by atoms with Crippen LogP contribution in [0.15, 0.2) is 55.0 Å². The van der Waals surface area contributed by atoms with Crippen LogP contribution < -0.4 is 10.6 Å². The highest BCUT2D eigenvalue weighted by atomic mass is 16.5. The van der Waals surface area contributed by atoms with Gasteiger partial charge in [0, 0.05) is 43.7 Å². The van der Waals surface area contributed by atoms with Crippen LogP contribution in [0, 0.1) is 0 Å². The lowest BCUT2D eigenvalue weighted by atomic mass is 10.1. The largest absolute Gasteiger partial charge is 0.480 e. The topological polar surface area (TPSA) is 113 Å². The van der Waals surface area contributed by atoms with Gasteiger partial charge in [-0.05, 0) is 69.2 Å². The second-order valence-corrected chi connectivity index (χ2v) is 9.81. The number of unbranched alkanes of at least 4 members (excludes halogenated alkanes) is 1. The van der Waals surface area contributed by atoms with Crippen molar-refractivity contribution in [2.75, 3.05) is 50.0 Å². The predicted molar refractivity (Wildman–Crippen MR) is 154 cm³/mol. The van der Waals surface area contributed by atoms with Crippen molar-refractivity contribution in [3.05, 3.63) is 66.2 Å². The van der Waals surface area contributed by atoms with Gasteiger partial charge in [0.1, 0.15) is 24.0 Å². The number of aromatic nitrogens is 3. The number of nitrogens with zero attached hydrogens (tertiary/aromatic N) is 4. The molecule has 9 nitrogen and oxygen atoms in total. The molecule has 1 unspecified atom stereocenters. The number of anilines is 2. The first kappa shape index (κ1) is 28.4. The number of aryl methyl sites for hydroxylation is 2. The van der Waals surface area contributed by atoms with Crippen molar-refractivity contribution in [1.82, 2.24) is 19.9 Å². The molecular formula is C30H40N6O3. The number of hydrogen-bond acceptors (Lipinski definition) is 8. The van der Waals surface area contributed by atoms with E-state index in [0.717, 1.165) is 74.4 Å². The van der Waals surface area contributed by atoms with Crippen LogP contribution in [0.3, 0.4) is 0 Å². The van der Waals surface area contributed by atoms with Crippen molar-refractivity contribution < 1.29 is 14.6 Å². The van der Waals surface area contributed by atoms with Crippen LogP contribution >= 0.6 is 0 Å². The molecule has 0 saturated carbocycles. The number of aliphatic carboxylic acids is 1. The highest BCUT2D eigenvalue weighted by molar-refractivity contribution is 5.81. The summed E-state index contributed by atoms with van der Waals surface area (Å²) in [7, 11) is 0. The van der Waals surface area contributed by atoms with Gasteiger partial charge < -0.3 is 25.4 Å². The SMILES string of the molecule is CCOCCN(CCCCc1ccc2c(n1)NCCC2)CCC(Nc1ncncc1-c1ccccc1)C(=O)O. The number of nitrogens with one attached hydrogen (secondary N) is 2. The average Bonchev–Trinajstić information content (AvgIpc) is 2.97. The van der Waals surface area contributed by atoms with E-state index in [4.69, 9.17) is 9.72 Å². The predicted octanol–water partition coefficient (Wildman–Crippen LogP) is 4.51. The Morgan fingerprint density at radius 3 is 2.85 bits per heavy atom. The summed E-state index contributed by atoms with van der Waals surface area (Å²) in [5.41, 5.74) is 4.15. The number of carbonyl (C=O) groups is 1.